The number of halogens is 1. The molecule has 0 aliphatic heterocycles. The molecule has 0 saturated heterocycles. The molecule has 4 nitrogen and oxygen atoms in total. The van der Waals surface area contributed by atoms with Gasteiger partial charge in [-0.15, -0.1) is 0 Å². The Balaban J connectivity index is 1.80. The number of hydrogen-bond acceptors (Lipinski definition) is 2. The highest BCUT2D eigenvalue weighted by atomic mass is 19.1. The van der Waals surface area contributed by atoms with Gasteiger partial charge >= 0.3 is 0 Å². The Morgan fingerprint density at radius 1 is 0.967 bits per heavy atom. The van der Waals surface area contributed by atoms with Crippen LogP contribution in [0.25, 0.3) is 10.8 Å². The summed E-state index contributed by atoms with van der Waals surface area (Å²) in [6, 6.07) is 19.8. The predicted molar refractivity (Wildman–Crippen MR) is 117 cm³/mol. The summed E-state index contributed by atoms with van der Waals surface area (Å²) < 4.78 is 14.2. The zero-order valence-electron chi connectivity index (χ0n) is 17.4. The number of benzene rings is 3. The minimum Gasteiger partial charge on any atom is -0.355 e. The van der Waals surface area contributed by atoms with Crippen molar-refractivity contribution < 1.29 is 14.0 Å². The lowest BCUT2D eigenvalue weighted by atomic mass is 10.0. The fraction of sp³-hybridized carbons (Fsp3) is 0.280. The van der Waals surface area contributed by atoms with Gasteiger partial charge in [-0.2, -0.15) is 0 Å². The molecule has 1 N–H and O–H groups in total. The first-order valence-electron chi connectivity index (χ1n) is 10.3. The minimum atomic E-state index is -0.690. The maximum Gasteiger partial charge on any atom is 0.242 e. The van der Waals surface area contributed by atoms with Crippen molar-refractivity contribution in [1.29, 1.82) is 0 Å². The largest absolute Gasteiger partial charge is 0.355 e. The van der Waals surface area contributed by atoms with Gasteiger partial charge in [0.2, 0.25) is 11.8 Å². The molecule has 0 saturated carbocycles. The van der Waals surface area contributed by atoms with Crippen LogP contribution in [0.4, 0.5) is 4.39 Å². The van der Waals surface area contributed by atoms with Crippen LogP contribution in [0.3, 0.4) is 0 Å². The summed E-state index contributed by atoms with van der Waals surface area (Å²) in [5.41, 5.74) is 1.48. The highest BCUT2D eigenvalue weighted by Gasteiger charge is 2.26. The predicted octanol–water partition coefficient (Wildman–Crippen LogP) is 4.46. The smallest absolute Gasteiger partial charge is 0.242 e. The summed E-state index contributed by atoms with van der Waals surface area (Å²) >= 11 is 0. The number of likely N-dealkylation sites (N-methyl/N-ethyl adjacent to an activating group) is 1. The van der Waals surface area contributed by atoms with Gasteiger partial charge in [-0.05, 0) is 42.7 Å². The zero-order valence-corrected chi connectivity index (χ0v) is 17.4. The molecule has 3 aromatic rings. The Morgan fingerprint density at radius 2 is 1.63 bits per heavy atom. The third kappa shape index (κ3) is 5.03. The number of rotatable bonds is 8. The molecule has 0 fully saturated rings. The lowest BCUT2D eigenvalue weighted by Gasteiger charge is -2.29. The Bertz CT molecular complexity index is 1030. The molecule has 0 radical (unpaired) electrons. The molecule has 156 valence electrons. The topological polar surface area (TPSA) is 49.4 Å². The molecule has 3 aromatic carbocycles. The highest BCUT2D eigenvalue weighted by molar-refractivity contribution is 5.88. The first kappa shape index (κ1) is 21.5. The number of carbonyl (C=O) groups is 2. The van der Waals surface area contributed by atoms with Gasteiger partial charge in [0.1, 0.15) is 11.9 Å². The standard InChI is InChI=1S/C25H27FN2O2/c1-3-27-25(30)18(2)28(17-21-10-5-7-14-23(21)26)24(29)16-15-20-12-8-11-19-9-4-6-13-22(19)20/h4-14,18H,3,15-17H2,1-2H3,(H,27,30)/t18-/m1/s1. The van der Waals surface area contributed by atoms with Crippen molar-refractivity contribution in [3.8, 4) is 0 Å². The second kappa shape index (κ2) is 10.0. The van der Waals surface area contributed by atoms with Crippen molar-refractivity contribution in [1.82, 2.24) is 10.2 Å². The molecule has 1 atom stereocenters. The average Bonchev–Trinajstić information content (AvgIpc) is 2.76. The number of fused-ring (bicyclic) bond motifs is 1. The lowest BCUT2D eigenvalue weighted by molar-refractivity contribution is -0.140. The van der Waals surface area contributed by atoms with Crippen molar-refractivity contribution >= 4 is 22.6 Å². The van der Waals surface area contributed by atoms with E-state index in [1.807, 2.05) is 49.4 Å². The highest BCUT2D eigenvalue weighted by Crippen LogP contribution is 2.21. The van der Waals surface area contributed by atoms with E-state index in [-0.39, 0.29) is 30.6 Å². The van der Waals surface area contributed by atoms with E-state index in [1.165, 1.54) is 11.0 Å². The molecule has 0 unspecified atom stereocenters. The maximum absolute atomic E-state index is 14.2. The van der Waals surface area contributed by atoms with Crippen LogP contribution >= 0.6 is 0 Å². The molecule has 0 aromatic heterocycles. The fourth-order valence-electron chi connectivity index (χ4n) is 3.61. The molecule has 0 spiro atoms. The quantitative estimate of drug-likeness (QED) is 0.600. The maximum atomic E-state index is 14.2. The number of carbonyl (C=O) groups excluding carboxylic acids is 2. The van der Waals surface area contributed by atoms with Crippen LogP contribution in [0.5, 0.6) is 0 Å². The number of amides is 2. The van der Waals surface area contributed by atoms with Gasteiger partial charge in [-0.3, -0.25) is 9.59 Å². The van der Waals surface area contributed by atoms with Crippen LogP contribution < -0.4 is 5.32 Å². The van der Waals surface area contributed by atoms with Gasteiger partial charge < -0.3 is 10.2 Å². The number of nitrogens with zero attached hydrogens (tertiary/aromatic N) is 1. The summed E-state index contributed by atoms with van der Waals surface area (Å²) in [5, 5.41) is 4.99. The second-order valence-corrected chi connectivity index (χ2v) is 7.32. The van der Waals surface area contributed by atoms with Crippen molar-refractivity contribution in [2.75, 3.05) is 6.54 Å². The molecule has 0 bridgehead atoms. The zero-order chi connectivity index (χ0) is 21.5. The molecule has 0 aliphatic carbocycles. The van der Waals surface area contributed by atoms with Gasteiger partial charge in [0.05, 0.1) is 0 Å². The first-order chi connectivity index (χ1) is 14.5. The number of nitrogens with one attached hydrogen (secondary N) is 1. The Morgan fingerprint density at radius 3 is 2.40 bits per heavy atom. The summed E-state index contributed by atoms with van der Waals surface area (Å²) in [4.78, 5) is 27.0. The van der Waals surface area contributed by atoms with Crippen molar-refractivity contribution in [3.05, 3.63) is 83.7 Å². The van der Waals surface area contributed by atoms with Crippen LogP contribution in [0.15, 0.2) is 66.7 Å². The van der Waals surface area contributed by atoms with Gasteiger partial charge in [0, 0.05) is 25.1 Å². The third-order valence-corrected chi connectivity index (χ3v) is 5.30. The minimum absolute atomic E-state index is 0.0549. The van der Waals surface area contributed by atoms with Gasteiger partial charge in [0.25, 0.3) is 0 Å². The molecule has 5 heteroatoms. The molecular formula is C25H27FN2O2. The van der Waals surface area contributed by atoms with E-state index in [9.17, 15) is 14.0 Å². The van der Waals surface area contributed by atoms with E-state index in [1.54, 1.807) is 25.1 Å². The Kier molecular flexibility index (Phi) is 7.17. The van der Waals surface area contributed by atoms with Crippen LogP contribution in [-0.4, -0.2) is 29.3 Å². The van der Waals surface area contributed by atoms with E-state index in [0.29, 0.717) is 18.5 Å². The van der Waals surface area contributed by atoms with E-state index >= 15 is 0 Å². The SMILES string of the molecule is CCNC(=O)[C@@H](C)N(Cc1ccccc1F)C(=O)CCc1cccc2ccccc12. The number of hydrogen-bond donors (Lipinski definition) is 1. The second-order valence-electron chi connectivity index (χ2n) is 7.32. The average molecular weight is 407 g/mol. The number of aryl methyl sites for hydroxylation is 1. The lowest BCUT2D eigenvalue weighted by Crippen LogP contribution is -2.47. The van der Waals surface area contributed by atoms with E-state index in [2.05, 4.69) is 5.32 Å². The van der Waals surface area contributed by atoms with Crippen molar-refractivity contribution in [2.24, 2.45) is 0 Å². The van der Waals surface area contributed by atoms with Crippen molar-refractivity contribution in [3.63, 3.8) is 0 Å². The Hall–Kier alpha value is -3.21. The molecule has 3 rings (SSSR count). The van der Waals surface area contributed by atoms with Gasteiger partial charge in [-0.25, -0.2) is 4.39 Å². The van der Waals surface area contributed by atoms with Crippen LogP contribution in [0.2, 0.25) is 0 Å². The van der Waals surface area contributed by atoms with E-state index in [4.69, 9.17) is 0 Å². The summed E-state index contributed by atoms with van der Waals surface area (Å²) in [6.07, 6.45) is 0.794. The van der Waals surface area contributed by atoms with Crippen LogP contribution in [-0.2, 0) is 22.6 Å². The molecule has 30 heavy (non-hydrogen) atoms. The molecule has 0 aliphatic rings. The molecule has 2 amide bonds. The summed E-state index contributed by atoms with van der Waals surface area (Å²) in [5.74, 6) is -0.801. The van der Waals surface area contributed by atoms with Crippen LogP contribution in [0.1, 0.15) is 31.4 Å². The third-order valence-electron chi connectivity index (χ3n) is 5.30. The monoisotopic (exact) mass is 406 g/mol. The van der Waals surface area contributed by atoms with E-state index in [0.717, 1.165) is 16.3 Å². The van der Waals surface area contributed by atoms with E-state index < -0.39 is 6.04 Å². The van der Waals surface area contributed by atoms with Crippen LogP contribution in [0, 0.1) is 5.82 Å². The molecular weight excluding hydrogens is 379 g/mol. The van der Waals surface area contributed by atoms with Crippen molar-refractivity contribution in [2.45, 2.75) is 39.3 Å². The first-order valence-corrected chi connectivity index (χ1v) is 10.3. The van der Waals surface area contributed by atoms with Gasteiger partial charge in [-0.1, -0.05) is 60.7 Å². The normalized spacial score (nSPS) is 11.8. The molecule has 0 heterocycles. The summed E-state index contributed by atoms with van der Waals surface area (Å²) in [7, 11) is 0. The summed E-state index contributed by atoms with van der Waals surface area (Å²) in [6.45, 7) is 4.04. The Labute approximate surface area is 176 Å². The fourth-order valence-corrected chi connectivity index (χ4v) is 3.61. The van der Waals surface area contributed by atoms with Gasteiger partial charge in [0.15, 0.2) is 0 Å².